The van der Waals surface area contributed by atoms with E-state index in [1.807, 2.05) is 0 Å². The molecular weight excluding hydrogens is 297 g/mol. The molecule has 0 spiro atoms. The summed E-state index contributed by atoms with van der Waals surface area (Å²) < 4.78 is 39.6. The van der Waals surface area contributed by atoms with Gasteiger partial charge in [0.25, 0.3) is 5.91 Å². The third kappa shape index (κ3) is 3.00. The highest BCUT2D eigenvalue weighted by Crippen LogP contribution is 2.23. The van der Waals surface area contributed by atoms with E-state index in [2.05, 4.69) is 20.6 Å². The van der Waals surface area contributed by atoms with Crippen LogP contribution >= 0.6 is 0 Å². The molecule has 0 bridgehead atoms. The van der Waals surface area contributed by atoms with E-state index in [1.54, 1.807) is 0 Å². The Morgan fingerprint density at radius 3 is 2.64 bits per heavy atom. The number of nitrogens with one attached hydrogen (secondary N) is 2. The van der Waals surface area contributed by atoms with E-state index < -0.39 is 17.5 Å². The lowest BCUT2D eigenvalue weighted by molar-refractivity contribution is 0.0946. The third-order valence-electron chi connectivity index (χ3n) is 3.11. The van der Waals surface area contributed by atoms with Gasteiger partial charge in [-0.3, -0.25) is 4.79 Å². The molecule has 0 aliphatic heterocycles. The lowest BCUT2D eigenvalue weighted by Crippen LogP contribution is -2.26. The Labute approximate surface area is 123 Å². The van der Waals surface area contributed by atoms with E-state index in [0.717, 1.165) is 31.3 Å². The number of anilines is 2. The molecule has 1 aromatic heterocycles. The Bertz CT molecular complexity index is 734. The maximum absolute atomic E-state index is 13.6. The van der Waals surface area contributed by atoms with Gasteiger partial charge in [-0.05, 0) is 25.0 Å². The highest BCUT2D eigenvalue weighted by Gasteiger charge is 2.24. The minimum atomic E-state index is -1.58. The molecule has 1 saturated carbocycles. The van der Waals surface area contributed by atoms with Crippen molar-refractivity contribution in [3.8, 4) is 0 Å². The molecule has 22 heavy (non-hydrogen) atoms. The quantitative estimate of drug-likeness (QED) is 0.852. The Morgan fingerprint density at radius 2 is 1.91 bits per heavy atom. The van der Waals surface area contributed by atoms with Crippen LogP contribution in [0.3, 0.4) is 0 Å². The van der Waals surface area contributed by atoms with Crippen LogP contribution < -0.4 is 10.6 Å². The van der Waals surface area contributed by atoms with Gasteiger partial charge in [0.2, 0.25) is 0 Å². The van der Waals surface area contributed by atoms with Crippen molar-refractivity contribution in [1.82, 2.24) is 15.3 Å². The molecule has 2 N–H and O–H groups in total. The molecule has 1 heterocycles. The van der Waals surface area contributed by atoms with Crippen molar-refractivity contribution in [3.05, 3.63) is 47.7 Å². The molecular formula is C14H11F3N4O. The van der Waals surface area contributed by atoms with E-state index in [-0.39, 0.29) is 29.1 Å². The summed E-state index contributed by atoms with van der Waals surface area (Å²) in [5.74, 6) is -4.48. The number of hydrogen-bond donors (Lipinski definition) is 2. The fourth-order valence-corrected chi connectivity index (χ4v) is 1.80. The Hall–Kier alpha value is -2.64. The molecule has 1 amide bonds. The van der Waals surface area contributed by atoms with E-state index in [1.165, 1.54) is 6.07 Å². The molecule has 0 unspecified atom stereocenters. The molecule has 1 fully saturated rings. The Balaban J connectivity index is 1.80. The molecule has 1 aromatic carbocycles. The van der Waals surface area contributed by atoms with Gasteiger partial charge in [-0.25, -0.2) is 23.1 Å². The summed E-state index contributed by atoms with van der Waals surface area (Å²) in [6.45, 7) is 0. The topological polar surface area (TPSA) is 66.9 Å². The van der Waals surface area contributed by atoms with Gasteiger partial charge >= 0.3 is 0 Å². The standard InChI is InChI=1S/C14H11F3N4O/c15-8-3-4-9(13(17)12(8)16)21-11-5-10(18-6-19-11)14(22)20-7-1-2-7/h3-7H,1-2H2,(H,20,22)(H,18,19,21). The zero-order valence-corrected chi connectivity index (χ0v) is 11.2. The number of carbonyl (C=O) groups excluding carboxylic acids is 1. The molecule has 2 aromatic rings. The predicted molar refractivity (Wildman–Crippen MR) is 72.1 cm³/mol. The van der Waals surface area contributed by atoms with Gasteiger partial charge in [0, 0.05) is 12.1 Å². The van der Waals surface area contributed by atoms with Crippen molar-refractivity contribution in [2.45, 2.75) is 18.9 Å². The Kier molecular flexibility index (Phi) is 3.66. The molecule has 1 aliphatic carbocycles. The van der Waals surface area contributed by atoms with E-state index in [4.69, 9.17) is 0 Å². The lowest BCUT2D eigenvalue weighted by atomic mass is 10.2. The third-order valence-corrected chi connectivity index (χ3v) is 3.11. The van der Waals surface area contributed by atoms with Crippen molar-refractivity contribution in [1.29, 1.82) is 0 Å². The molecule has 0 radical (unpaired) electrons. The van der Waals surface area contributed by atoms with Crippen LogP contribution in [0.15, 0.2) is 24.5 Å². The van der Waals surface area contributed by atoms with Gasteiger partial charge < -0.3 is 10.6 Å². The number of nitrogens with zero attached hydrogens (tertiary/aromatic N) is 2. The second-order valence-corrected chi connectivity index (χ2v) is 4.88. The highest BCUT2D eigenvalue weighted by atomic mass is 19.2. The first kappa shape index (κ1) is 14.3. The first-order valence-electron chi connectivity index (χ1n) is 6.58. The summed E-state index contributed by atoms with van der Waals surface area (Å²) in [6.07, 6.45) is 2.99. The van der Waals surface area contributed by atoms with E-state index >= 15 is 0 Å². The molecule has 8 heteroatoms. The van der Waals surface area contributed by atoms with Crippen molar-refractivity contribution in [2.75, 3.05) is 5.32 Å². The van der Waals surface area contributed by atoms with Crippen LogP contribution in [-0.4, -0.2) is 21.9 Å². The van der Waals surface area contributed by atoms with E-state index in [9.17, 15) is 18.0 Å². The van der Waals surface area contributed by atoms with Gasteiger partial charge in [-0.15, -0.1) is 0 Å². The summed E-state index contributed by atoms with van der Waals surface area (Å²) in [6, 6.07) is 3.31. The highest BCUT2D eigenvalue weighted by molar-refractivity contribution is 5.93. The number of rotatable bonds is 4. The number of benzene rings is 1. The number of carbonyl (C=O) groups is 1. The average molecular weight is 308 g/mol. The summed E-state index contributed by atoms with van der Waals surface area (Å²) in [4.78, 5) is 19.5. The van der Waals surface area contributed by atoms with Crippen molar-refractivity contribution >= 4 is 17.4 Å². The predicted octanol–water partition coefficient (Wildman–Crippen LogP) is 2.53. The van der Waals surface area contributed by atoms with Crippen molar-refractivity contribution in [3.63, 3.8) is 0 Å². The zero-order valence-electron chi connectivity index (χ0n) is 11.2. The van der Waals surface area contributed by atoms with Crippen LogP contribution in [0.2, 0.25) is 0 Å². The largest absolute Gasteiger partial charge is 0.348 e. The van der Waals surface area contributed by atoms with Crippen LogP contribution in [-0.2, 0) is 0 Å². The molecule has 0 saturated heterocycles. The summed E-state index contributed by atoms with van der Waals surface area (Å²) >= 11 is 0. The average Bonchev–Trinajstić information content (AvgIpc) is 3.32. The fourth-order valence-electron chi connectivity index (χ4n) is 1.80. The van der Waals surface area contributed by atoms with Crippen LogP contribution in [0.25, 0.3) is 0 Å². The molecule has 114 valence electrons. The molecule has 1 aliphatic rings. The van der Waals surface area contributed by atoms with Crippen molar-refractivity contribution < 1.29 is 18.0 Å². The SMILES string of the molecule is O=C(NC1CC1)c1cc(Nc2ccc(F)c(F)c2F)ncn1. The maximum atomic E-state index is 13.6. The first-order chi connectivity index (χ1) is 10.5. The van der Waals surface area contributed by atoms with Crippen LogP contribution in [0.5, 0.6) is 0 Å². The van der Waals surface area contributed by atoms with Gasteiger partial charge in [-0.2, -0.15) is 0 Å². The number of aromatic nitrogens is 2. The van der Waals surface area contributed by atoms with Crippen LogP contribution in [0, 0.1) is 17.5 Å². The molecule has 3 rings (SSSR count). The monoisotopic (exact) mass is 308 g/mol. The summed E-state index contributed by atoms with van der Waals surface area (Å²) in [7, 11) is 0. The minimum Gasteiger partial charge on any atom is -0.348 e. The zero-order chi connectivity index (χ0) is 15.7. The second kappa shape index (κ2) is 5.63. The number of halogens is 3. The lowest BCUT2D eigenvalue weighted by Gasteiger charge is -2.08. The normalized spacial score (nSPS) is 13.8. The summed E-state index contributed by atoms with van der Waals surface area (Å²) in [5.41, 5.74) is -0.182. The smallest absolute Gasteiger partial charge is 0.270 e. The summed E-state index contributed by atoms with van der Waals surface area (Å²) in [5, 5.41) is 5.24. The van der Waals surface area contributed by atoms with E-state index in [0.29, 0.717) is 0 Å². The number of amides is 1. The fraction of sp³-hybridized carbons (Fsp3) is 0.214. The molecule has 5 nitrogen and oxygen atoms in total. The van der Waals surface area contributed by atoms with Crippen molar-refractivity contribution in [2.24, 2.45) is 0 Å². The van der Waals surface area contributed by atoms with Gasteiger partial charge in [0.15, 0.2) is 17.5 Å². The Morgan fingerprint density at radius 1 is 1.14 bits per heavy atom. The first-order valence-corrected chi connectivity index (χ1v) is 6.58. The van der Waals surface area contributed by atoms with Gasteiger partial charge in [-0.1, -0.05) is 0 Å². The van der Waals surface area contributed by atoms with Gasteiger partial charge in [0.05, 0.1) is 5.69 Å². The second-order valence-electron chi connectivity index (χ2n) is 4.88. The minimum absolute atomic E-state index is 0.0980. The molecule has 0 atom stereocenters. The van der Waals surface area contributed by atoms with Crippen LogP contribution in [0.1, 0.15) is 23.3 Å². The van der Waals surface area contributed by atoms with Gasteiger partial charge in [0.1, 0.15) is 17.8 Å². The maximum Gasteiger partial charge on any atom is 0.270 e. The van der Waals surface area contributed by atoms with Crippen LogP contribution in [0.4, 0.5) is 24.7 Å². The number of hydrogen-bond acceptors (Lipinski definition) is 4.